The molecule has 2 aromatic rings. The van der Waals surface area contributed by atoms with Gasteiger partial charge < -0.3 is 4.74 Å². The SMILES string of the molecule is Fc1cc(CBr)ccc1OCC(F)(F)c1ccccc1. The molecule has 0 radical (unpaired) electrons. The molecule has 0 bridgehead atoms. The van der Waals surface area contributed by atoms with E-state index in [4.69, 9.17) is 4.74 Å². The van der Waals surface area contributed by atoms with Crippen LogP contribution in [-0.2, 0) is 11.3 Å². The monoisotopic (exact) mass is 344 g/mol. The first-order chi connectivity index (χ1) is 9.53. The predicted octanol–water partition coefficient (Wildman–Crippen LogP) is 4.89. The molecule has 0 amide bonds. The predicted molar refractivity (Wildman–Crippen MR) is 74.9 cm³/mol. The van der Waals surface area contributed by atoms with Crippen LogP contribution in [0.4, 0.5) is 13.2 Å². The fraction of sp³-hybridized carbons (Fsp3) is 0.200. The zero-order valence-corrected chi connectivity index (χ0v) is 12.0. The van der Waals surface area contributed by atoms with Gasteiger partial charge in [0, 0.05) is 10.9 Å². The van der Waals surface area contributed by atoms with Gasteiger partial charge in [-0.1, -0.05) is 52.3 Å². The summed E-state index contributed by atoms with van der Waals surface area (Å²) in [5.41, 5.74) is 0.558. The molecule has 0 unspecified atom stereocenters. The smallest absolute Gasteiger partial charge is 0.306 e. The van der Waals surface area contributed by atoms with Gasteiger partial charge in [-0.3, -0.25) is 0 Å². The second-order valence-corrected chi connectivity index (χ2v) is 4.82. The Morgan fingerprint density at radius 3 is 2.35 bits per heavy atom. The van der Waals surface area contributed by atoms with Crippen LogP contribution in [-0.4, -0.2) is 6.61 Å². The number of benzene rings is 2. The zero-order valence-electron chi connectivity index (χ0n) is 10.5. The van der Waals surface area contributed by atoms with Crippen molar-refractivity contribution >= 4 is 15.9 Å². The van der Waals surface area contributed by atoms with E-state index in [1.54, 1.807) is 12.1 Å². The molecule has 0 heterocycles. The lowest BCUT2D eigenvalue weighted by molar-refractivity contribution is -0.0475. The van der Waals surface area contributed by atoms with E-state index in [0.717, 1.165) is 0 Å². The molecule has 2 aromatic carbocycles. The number of rotatable bonds is 5. The third kappa shape index (κ3) is 3.54. The normalized spacial score (nSPS) is 11.4. The average molecular weight is 345 g/mol. The van der Waals surface area contributed by atoms with Crippen molar-refractivity contribution in [3.63, 3.8) is 0 Å². The van der Waals surface area contributed by atoms with E-state index in [2.05, 4.69) is 15.9 Å². The minimum Gasteiger partial charge on any atom is -0.484 e. The second-order valence-electron chi connectivity index (χ2n) is 4.26. The van der Waals surface area contributed by atoms with Crippen molar-refractivity contribution in [2.45, 2.75) is 11.3 Å². The Balaban J connectivity index is 2.08. The Kier molecular flexibility index (Phi) is 4.70. The highest BCUT2D eigenvalue weighted by atomic mass is 79.9. The highest BCUT2D eigenvalue weighted by Crippen LogP contribution is 2.29. The molecule has 5 heteroatoms. The summed E-state index contributed by atoms with van der Waals surface area (Å²) >= 11 is 3.19. The van der Waals surface area contributed by atoms with Gasteiger partial charge in [0.1, 0.15) is 0 Å². The van der Waals surface area contributed by atoms with E-state index in [9.17, 15) is 13.2 Å². The molecule has 0 aliphatic heterocycles. The van der Waals surface area contributed by atoms with E-state index in [1.165, 1.54) is 36.4 Å². The van der Waals surface area contributed by atoms with Crippen molar-refractivity contribution in [1.29, 1.82) is 0 Å². The number of alkyl halides is 3. The quantitative estimate of drug-likeness (QED) is 0.701. The van der Waals surface area contributed by atoms with Crippen molar-refractivity contribution < 1.29 is 17.9 Å². The van der Waals surface area contributed by atoms with Crippen LogP contribution in [0.15, 0.2) is 48.5 Å². The summed E-state index contributed by atoms with van der Waals surface area (Å²) in [5, 5.41) is 0.490. The van der Waals surface area contributed by atoms with Gasteiger partial charge in [-0.25, -0.2) is 4.39 Å². The third-order valence-corrected chi connectivity index (χ3v) is 3.40. The Morgan fingerprint density at radius 2 is 1.75 bits per heavy atom. The van der Waals surface area contributed by atoms with Gasteiger partial charge in [0.15, 0.2) is 18.2 Å². The molecular weight excluding hydrogens is 333 g/mol. The molecule has 0 fully saturated rings. The summed E-state index contributed by atoms with van der Waals surface area (Å²) in [4.78, 5) is 0. The summed E-state index contributed by atoms with van der Waals surface area (Å²) in [6.07, 6.45) is 0. The third-order valence-electron chi connectivity index (χ3n) is 2.76. The molecule has 0 aliphatic rings. The van der Waals surface area contributed by atoms with Crippen LogP contribution in [0.5, 0.6) is 5.75 Å². The average Bonchev–Trinajstić information content (AvgIpc) is 2.47. The lowest BCUT2D eigenvalue weighted by atomic mass is 10.1. The van der Waals surface area contributed by atoms with Crippen LogP contribution < -0.4 is 4.74 Å². The van der Waals surface area contributed by atoms with Gasteiger partial charge in [-0.15, -0.1) is 0 Å². The van der Waals surface area contributed by atoms with E-state index in [1.807, 2.05) is 0 Å². The maximum Gasteiger partial charge on any atom is 0.306 e. The van der Waals surface area contributed by atoms with Crippen molar-refractivity contribution in [2.75, 3.05) is 6.61 Å². The Bertz CT molecular complexity index is 573. The molecule has 106 valence electrons. The molecule has 0 saturated carbocycles. The van der Waals surface area contributed by atoms with Crippen LogP contribution in [0.3, 0.4) is 0 Å². The fourth-order valence-corrected chi connectivity index (χ4v) is 2.03. The number of ether oxygens (including phenoxy) is 1. The van der Waals surface area contributed by atoms with E-state index >= 15 is 0 Å². The van der Waals surface area contributed by atoms with Gasteiger partial charge in [-0.2, -0.15) is 8.78 Å². The van der Waals surface area contributed by atoms with Gasteiger partial charge in [0.25, 0.3) is 0 Å². The first-order valence-corrected chi connectivity index (χ1v) is 7.05. The van der Waals surface area contributed by atoms with Crippen molar-refractivity contribution in [2.24, 2.45) is 0 Å². The largest absolute Gasteiger partial charge is 0.484 e. The van der Waals surface area contributed by atoms with Crippen molar-refractivity contribution in [3.05, 3.63) is 65.5 Å². The molecule has 0 aromatic heterocycles. The minimum atomic E-state index is -3.16. The lowest BCUT2D eigenvalue weighted by Gasteiger charge is -2.17. The molecule has 20 heavy (non-hydrogen) atoms. The Morgan fingerprint density at radius 1 is 1.05 bits per heavy atom. The molecule has 1 nitrogen and oxygen atoms in total. The summed E-state index contributed by atoms with van der Waals surface area (Å²) in [6.45, 7) is -0.901. The number of hydrogen-bond donors (Lipinski definition) is 0. The molecule has 0 atom stereocenters. The van der Waals surface area contributed by atoms with E-state index < -0.39 is 18.3 Å². The van der Waals surface area contributed by atoms with E-state index in [-0.39, 0.29) is 11.3 Å². The summed E-state index contributed by atoms with van der Waals surface area (Å²) in [7, 11) is 0. The highest BCUT2D eigenvalue weighted by Gasteiger charge is 2.32. The second kappa shape index (κ2) is 6.31. The molecule has 0 spiro atoms. The van der Waals surface area contributed by atoms with Crippen LogP contribution in [0.2, 0.25) is 0 Å². The van der Waals surface area contributed by atoms with Crippen LogP contribution in [0.25, 0.3) is 0 Å². The first-order valence-electron chi connectivity index (χ1n) is 5.93. The summed E-state index contributed by atoms with van der Waals surface area (Å²) < 4.78 is 46.3. The maximum absolute atomic E-state index is 13.9. The molecular formula is C15H12BrF3O. The first kappa shape index (κ1) is 14.9. The fourth-order valence-electron chi connectivity index (χ4n) is 1.68. The summed E-state index contributed by atoms with van der Waals surface area (Å²) in [5.74, 6) is -3.99. The Labute approximate surface area is 123 Å². The van der Waals surface area contributed by atoms with Crippen molar-refractivity contribution in [3.8, 4) is 5.75 Å². The minimum absolute atomic E-state index is 0.155. The van der Waals surface area contributed by atoms with Gasteiger partial charge in [0.05, 0.1) is 0 Å². The molecule has 2 rings (SSSR count). The zero-order chi connectivity index (χ0) is 14.6. The van der Waals surface area contributed by atoms with Gasteiger partial charge in [-0.05, 0) is 17.7 Å². The van der Waals surface area contributed by atoms with Crippen LogP contribution in [0.1, 0.15) is 11.1 Å². The molecule has 0 saturated heterocycles. The highest BCUT2D eigenvalue weighted by molar-refractivity contribution is 9.08. The van der Waals surface area contributed by atoms with Crippen molar-refractivity contribution in [1.82, 2.24) is 0 Å². The topological polar surface area (TPSA) is 9.23 Å². The van der Waals surface area contributed by atoms with Crippen LogP contribution >= 0.6 is 15.9 Å². The maximum atomic E-state index is 13.9. The lowest BCUT2D eigenvalue weighted by Crippen LogP contribution is -2.23. The van der Waals surface area contributed by atoms with E-state index in [0.29, 0.717) is 10.9 Å². The van der Waals surface area contributed by atoms with Gasteiger partial charge in [0.2, 0.25) is 0 Å². The molecule has 0 aliphatic carbocycles. The molecule has 0 N–H and O–H groups in total. The van der Waals surface area contributed by atoms with Gasteiger partial charge >= 0.3 is 5.92 Å². The summed E-state index contributed by atoms with van der Waals surface area (Å²) in [6, 6.07) is 11.6. The number of halogens is 4. The number of hydrogen-bond acceptors (Lipinski definition) is 1. The van der Waals surface area contributed by atoms with Crippen LogP contribution in [0, 0.1) is 5.82 Å². The Hall–Kier alpha value is -1.49. The standard InChI is InChI=1S/C15H12BrF3O/c16-9-11-6-7-14(13(17)8-11)20-10-15(18,19)12-4-2-1-3-5-12/h1-8H,9-10H2.